The van der Waals surface area contributed by atoms with E-state index in [1.165, 1.54) is 10.4 Å². The van der Waals surface area contributed by atoms with Gasteiger partial charge in [-0.25, -0.2) is 0 Å². The third-order valence-corrected chi connectivity index (χ3v) is 6.69. The van der Waals surface area contributed by atoms with E-state index in [0.29, 0.717) is 5.41 Å². The maximum absolute atomic E-state index is 5.58. The second-order valence-electron chi connectivity index (χ2n) is 8.47. The summed E-state index contributed by atoms with van der Waals surface area (Å²) in [5.41, 5.74) is 3.46. The minimum Gasteiger partial charge on any atom is -0.361 e. The molecule has 3 rings (SSSR count). The zero-order valence-corrected chi connectivity index (χ0v) is 18.8. The molecule has 1 saturated heterocycles. The highest BCUT2D eigenvalue weighted by Gasteiger charge is 2.42. The molecule has 1 aliphatic heterocycles. The molecule has 1 N–H and O–H groups in total. The lowest BCUT2D eigenvalue weighted by molar-refractivity contribution is 0.199. The lowest BCUT2D eigenvalue weighted by Gasteiger charge is -2.47. The van der Waals surface area contributed by atoms with E-state index in [1.807, 2.05) is 23.4 Å². The Hall–Kier alpha value is -2.44. The van der Waals surface area contributed by atoms with Crippen molar-refractivity contribution in [1.82, 2.24) is 10.2 Å². The summed E-state index contributed by atoms with van der Waals surface area (Å²) in [6.45, 7) is 19.2. The first-order chi connectivity index (χ1) is 13.0. The number of nitrogens with zero attached hydrogens (tertiary/aromatic N) is 1. The Bertz CT molecular complexity index is 879. The number of terminal acetylenes is 1. The third-order valence-electron chi connectivity index (χ3n) is 5.54. The summed E-state index contributed by atoms with van der Waals surface area (Å²) >= 11 is 1.68. The average molecular weight is 393 g/mol. The highest BCUT2D eigenvalue weighted by molar-refractivity contribution is 7.10. The first kappa shape index (κ1) is 21.9. The maximum Gasteiger partial charge on any atom is 0.0986 e. The van der Waals surface area contributed by atoms with E-state index in [4.69, 9.17) is 6.42 Å². The van der Waals surface area contributed by atoms with Crippen molar-refractivity contribution in [3.8, 4) is 12.3 Å². The van der Waals surface area contributed by atoms with Crippen LogP contribution in [0.1, 0.15) is 50.6 Å². The lowest BCUT2D eigenvalue weighted by atomic mass is 9.80. The van der Waals surface area contributed by atoms with Crippen molar-refractivity contribution >= 4 is 11.3 Å². The summed E-state index contributed by atoms with van der Waals surface area (Å²) in [5.74, 6) is 3.86. The van der Waals surface area contributed by atoms with Crippen LogP contribution in [-0.4, -0.2) is 11.9 Å². The Morgan fingerprint density at radius 1 is 1.18 bits per heavy atom. The molecule has 1 aliphatic rings. The number of hydrogen-bond acceptors (Lipinski definition) is 3. The van der Waals surface area contributed by atoms with E-state index >= 15 is 0 Å². The monoisotopic (exact) mass is 392 g/mol. The van der Waals surface area contributed by atoms with Crippen molar-refractivity contribution < 1.29 is 0 Å². The summed E-state index contributed by atoms with van der Waals surface area (Å²) in [6.07, 6.45) is 5.58. The zero-order chi connectivity index (χ0) is 21.1. The molecule has 1 aromatic heterocycles. The molecule has 2 unspecified atom stereocenters. The van der Waals surface area contributed by atoms with Crippen LogP contribution in [0.2, 0.25) is 0 Å². The molecule has 2 nitrogen and oxygen atoms in total. The molecule has 0 radical (unpaired) electrons. The van der Waals surface area contributed by atoms with Gasteiger partial charge in [-0.3, -0.25) is 0 Å². The van der Waals surface area contributed by atoms with Gasteiger partial charge in [-0.1, -0.05) is 77.1 Å². The Morgan fingerprint density at radius 2 is 1.79 bits per heavy atom. The van der Waals surface area contributed by atoms with Crippen molar-refractivity contribution in [3.63, 3.8) is 0 Å². The van der Waals surface area contributed by atoms with Gasteiger partial charge in [0.15, 0.2) is 0 Å². The highest BCUT2D eigenvalue weighted by Crippen LogP contribution is 2.42. The summed E-state index contributed by atoms with van der Waals surface area (Å²) < 4.78 is 0. The quantitative estimate of drug-likeness (QED) is 0.591. The number of nitrogens with one attached hydrogen (secondary N) is 1. The van der Waals surface area contributed by atoms with E-state index in [-0.39, 0.29) is 11.5 Å². The van der Waals surface area contributed by atoms with Gasteiger partial charge in [-0.05, 0) is 29.3 Å². The van der Waals surface area contributed by atoms with Gasteiger partial charge in [-0.15, -0.1) is 17.8 Å². The summed E-state index contributed by atoms with van der Waals surface area (Å²) in [6, 6.07) is 12.5. The Labute approximate surface area is 175 Å². The molecule has 0 amide bonds. The number of thiophene rings is 1. The largest absolute Gasteiger partial charge is 0.361 e. The first-order valence-electron chi connectivity index (χ1n) is 9.52. The standard InChI is InChI=1S/C15H18N2S.C10H14/c1-7-13-8-9-18-14(13)15(5)10(2)11(3)17(6)12(4)16-15;1-10(2,3)9-7-5-4-6-8-9/h1,8-10,16H,3-4H2,2,5-6H3;4-8H,1-3H3. The van der Waals surface area contributed by atoms with Crippen LogP contribution in [0.15, 0.2) is 66.5 Å². The van der Waals surface area contributed by atoms with Gasteiger partial charge in [0.2, 0.25) is 0 Å². The van der Waals surface area contributed by atoms with Gasteiger partial charge in [0.05, 0.1) is 11.4 Å². The van der Waals surface area contributed by atoms with Gasteiger partial charge in [0, 0.05) is 29.1 Å². The predicted molar refractivity (Wildman–Crippen MR) is 123 cm³/mol. The van der Waals surface area contributed by atoms with Gasteiger partial charge >= 0.3 is 0 Å². The van der Waals surface area contributed by atoms with Crippen LogP contribution in [0.4, 0.5) is 0 Å². The van der Waals surface area contributed by atoms with Crippen LogP contribution in [0, 0.1) is 18.3 Å². The fourth-order valence-electron chi connectivity index (χ4n) is 3.31. The van der Waals surface area contributed by atoms with E-state index in [1.54, 1.807) is 11.3 Å². The second kappa shape index (κ2) is 8.29. The Kier molecular flexibility index (Phi) is 6.47. The molecule has 2 atom stereocenters. The molecule has 148 valence electrons. The SMILES string of the molecule is C#Cc1ccsc1C1(C)NC(=C)N(C)C(=C)C1C.CC(C)(C)c1ccccc1. The molecule has 0 saturated carbocycles. The second-order valence-corrected chi connectivity index (χ2v) is 9.39. The molecule has 0 bridgehead atoms. The molecule has 1 fully saturated rings. The fourth-order valence-corrected chi connectivity index (χ4v) is 4.37. The zero-order valence-electron chi connectivity index (χ0n) is 18.0. The topological polar surface area (TPSA) is 15.3 Å². The Morgan fingerprint density at radius 3 is 2.29 bits per heavy atom. The molecule has 1 aromatic carbocycles. The third kappa shape index (κ3) is 4.34. The summed E-state index contributed by atoms with van der Waals surface area (Å²) in [7, 11) is 1.98. The van der Waals surface area contributed by atoms with Crippen molar-refractivity contribution in [3.05, 3.63) is 82.5 Å². The molecular formula is C25H32N2S. The maximum atomic E-state index is 5.58. The summed E-state index contributed by atoms with van der Waals surface area (Å²) in [4.78, 5) is 3.17. The minimum atomic E-state index is -0.240. The fraction of sp³-hybridized carbons (Fsp3) is 0.360. The first-order valence-corrected chi connectivity index (χ1v) is 10.4. The molecule has 3 heteroatoms. The van der Waals surface area contributed by atoms with Crippen molar-refractivity contribution in [2.24, 2.45) is 5.92 Å². The van der Waals surface area contributed by atoms with Gasteiger partial charge in [0.1, 0.15) is 0 Å². The number of hydrogen-bond donors (Lipinski definition) is 1. The molecule has 2 heterocycles. The van der Waals surface area contributed by atoms with Crippen molar-refractivity contribution in [1.29, 1.82) is 0 Å². The predicted octanol–water partition coefficient (Wildman–Crippen LogP) is 6.08. The van der Waals surface area contributed by atoms with Crippen molar-refractivity contribution in [2.75, 3.05) is 7.05 Å². The molecular weight excluding hydrogens is 360 g/mol. The van der Waals surface area contributed by atoms with Crippen LogP contribution in [0.3, 0.4) is 0 Å². The summed E-state index contributed by atoms with van der Waals surface area (Å²) in [5, 5.41) is 5.52. The normalized spacial score (nSPS) is 22.0. The minimum absolute atomic E-state index is 0.240. The van der Waals surface area contributed by atoms with Gasteiger partial charge < -0.3 is 10.2 Å². The number of rotatable bonds is 1. The lowest BCUT2D eigenvalue weighted by Crippen LogP contribution is -2.53. The van der Waals surface area contributed by atoms with Gasteiger partial charge in [0.25, 0.3) is 0 Å². The van der Waals surface area contributed by atoms with Crippen LogP contribution < -0.4 is 5.32 Å². The van der Waals surface area contributed by atoms with E-state index < -0.39 is 0 Å². The van der Waals surface area contributed by atoms with Crippen LogP contribution in [-0.2, 0) is 11.0 Å². The average Bonchev–Trinajstić information content (AvgIpc) is 3.15. The molecule has 0 spiro atoms. The van der Waals surface area contributed by atoms with E-state index in [9.17, 15) is 0 Å². The molecule has 2 aromatic rings. The highest BCUT2D eigenvalue weighted by atomic mass is 32.1. The van der Waals surface area contributed by atoms with E-state index in [2.05, 4.69) is 89.3 Å². The van der Waals surface area contributed by atoms with Crippen LogP contribution >= 0.6 is 11.3 Å². The smallest absolute Gasteiger partial charge is 0.0986 e. The van der Waals surface area contributed by atoms with Crippen molar-refractivity contribution in [2.45, 2.75) is 45.6 Å². The number of benzene rings is 1. The van der Waals surface area contributed by atoms with Crippen LogP contribution in [0.25, 0.3) is 0 Å². The molecule has 28 heavy (non-hydrogen) atoms. The van der Waals surface area contributed by atoms with E-state index in [0.717, 1.165) is 17.1 Å². The van der Waals surface area contributed by atoms with Crippen LogP contribution in [0.5, 0.6) is 0 Å². The Balaban J connectivity index is 0.000000237. The van der Waals surface area contributed by atoms with Gasteiger partial charge in [-0.2, -0.15) is 0 Å². The molecule has 0 aliphatic carbocycles.